The lowest BCUT2D eigenvalue weighted by Gasteiger charge is -2.40. The first-order chi connectivity index (χ1) is 14.8. The fourth-order valence-electron chi connectivity index (χ4n) is 3.78. The Bertz CT molecular complexity index is 994. The molecule has 6 nitrogen and oxygen atoms in total. The molecular formula is C23H26F2N4O2. The van der Waals surface area contributed by atoms with Gasteiger partial charge in [0.1, 0.15) is 5.82 Å². The lowest BCUT2D eigenvalue weighted by Crippen LogP contribution is -2.52. The summed E-state index contributed by atoms with van der Waals surface area (Å²) in [6, 6.07) is 5.70. The largest absolute Gasteiger partial charge is 0.329 e. The van der Waals surface area contributed by atoms with E-state index >= 15 is 0 Å². The minimum atomic E-state index is -2.91. The predicted molar refractivity (Wildman–Crippen MR) is 115 cm³/mol. The normalized spacial score (nSPS) is 22.4. The monoisotopic (exact) mass is 428 g/mol. The molecule has 2 aromatic rings. The van der Waals surface area contributed by atoms with Crippen molar-refractivity contribution in [2.45, 2.75) is 44.1 Å². The Balaban J connectivity index is 1.39. The van der Waals surface area contributed by atoms with Gasteiger partial charge in [0.15, 0.2) is 0 Å². The standard InChI is InChI=1S/C23H26F2N4O2/c1-15(22(31)28-20-8-6-17(12-26-20)5-4-16-2-3-16)29-11-10-23(24,25)19(14-29)18-7-9-21(30)27-13-18/h4-9,12-13,15-16,19H,2-3,10-11,14H2,1H3,(H,27,30)(H,26,28,31)/b5-4+/t15-,19+/m0/s1. The van der Waals surface area contributed by atoms with Crippen molar-refractivity contribution in [3.8, 4) is 0 Å². The molecule has 31 heavy (non-hydrogen) atoms. The van der Waals surface area contributed by atoms with Crippen LogP contribution in [-0.2, 0) is 4.79 Å². The molecule has 1 amide bonds. The Kier molecular flexibility index (Phi) is 6.00. The van der Waals surface area contributed by atoms with Gasteiger partial charge in [0, 0.05) is 38.0 Å². The van der Waals surface area contributed by atoms with Gasteiger partial charge in [-0.05, 0) is 48.9 Å². The molecule has 0 unspecified atom stereocenters. The van der Waals surface area contributed by atoms with Crippen LogP contribution in [0.2, 0.25) is 0 Å². The van der Waals surface area contributed by atoms with Gasteiger partial charge < -0.3 is 10.3 Å². The first-order valence-electron chi connectivity index (χ1n) is 10.6. The molecule has 1 aliphatic carbocycles. The fraction of sp³-hybridized carbons (Fsp3) is 0.435. The summed E-state index contributed by atoms with van der Waals surface area (Å²) in [5, 5.41) is 2.78. The summed E-state index contributed by atoms with van der Waals surface area (Å²) in [7, 11) is 0. The van der Waals surface area contributed by atoms with Crippen LogP contribution in [0.3, 0.4) is 0 Å². The van der Waals surface area contributed by atoms with E-state index in [-0.39, 0.29) is 31.0 Å². The van der Waals surface area contributed by atoms with Crippen molar-refractivity contribution < 1.29 is 13.6 Å². The molecule has 2 aliphatic rings. The number of H-pyrrole nitrogens is 1. The van der Waals surface area contributed by atoms with Gasteiger partial charge in [0.05, 0.1) is 12.0 Å². The van der Waals surface area contributed by atoms with Gasteiger partial charge in [-0.2, -0.15) is 0 Å². The van der Waals surface area contributed by atoms with E-state index in [0.29, 0.717) is 17.3 Å². The maximum atomic E-state index is 14.6. The number of likely N-dealkylation sites (tertiary alicyclic amines) is 1. The van der Waals surface area contributed by atoms with E-state index in [4.69, 9.17) is 0 Å². The van der Waals surface area contributed by atoms with Gasteiger partial charge in [0.25, 0.3) is 5.92 Å². The number of nitrogens with one attached hydrogen (secondary N) is 2. The summed E-state index contributed by atoms with van der Waals surface area (Å²) in [6.45, 7) is 1.83. The second kappa shape index (κ2) is 8.70. The van der Waals surface area contributed by atoms with Gasteiger partial charge in [-0.3, -0.25) is 14.5 Å². The molecular weight excluding hydrogens is 402 g/mol. The van der Waals surface area contributed by atoms with Gasteiger partial charge in [0.2, 0.25) is 11.5 Å². The molecule has 0 radical (unpaired) electrons. The van der Waals surface area contributed by atoms with E-state index in [2.05, 4.69) is 21.4 Å². The van der Waals surface area contributed by atoms with Crippen LogP contribution >= 0.6 is 0 Å². The molecule has 8 heteroatoms. The maximum absolute atomic E-state index is 14.6. The van der Waals surface area contributed by atoms with E-state index in [1.54, 1.807) is 24.1 Å². The van der Waals surface area contributed by atoms with E-state index in [9.17, 15) is 18.4 Å². The van der Waals surface area contributed by atoms with Crippen LogP contribution < -0.4 is 10.9 Å². The highest BCUT2D eigenvalue weighted by molar-refractivity contribution is 5.93. The molecule has 0 spiro atoms. The number of alkyl halides is 2. The number of allylic oxidation sites excluding steroid dienone is 1. The number of pyridine rings is 2. The SMILES string of the molecule is C[C@@H](C(=O)Nc1ccc(/C=C/C2CC2)cn1)N1CCC(F)(F)[C@@H](c2ccc(=O)[nH]c2)C1. The lowest BCUT2D eigenvalue weighted by atomic mass is 9.87. The first kappa shape index (κ1) is 21.4. The molecule has 0 bridgehead atoms. The van der Waals surface area contributed by atoms with Crippen LogP contribution in [0, 0.1) is 5.92 Å². The van der Waals surface area contributed by atoms with Crippen molar-refractivity contribution in [3.05, 3.63) is 64.2 Å². The molecule has 2 fully saturated rings. The number of nitrogens with zero attached hydrogens (tertiary/aromatic N) is 2. The molecule has 4 rings (SSSR count). The smallest absolute Gasteiger partial charge is 0.257 e. The summed E-state index contributed by atoms with van der Waals surface area (Å²) in [5.74, 6) is -3.18. The highest BCUT2D eigenvalue weighted by Crippen LogP contribution is 2.40. The number of hydrogen-bond acceptors (Lipinski definition) is 4. The van der Waals surface area contributed by atoms with Crippen molar-refractivity contribution in [3.63, 3.8) is 0 Å². The Morgan fingerprint density at radius 2 is 2.13 bits per heavy atom. The molecule has 2 aromatic heterocycles. The van der Waals surface area contributed by atoms with E-state index in [0.717, 1.165) is 5.56 Å². The Hall–Kier alpha value is -2.87. The molecule has 1 aliphatic heterocycles. The molecule has 2 N–H and O–H groups in total. The third-order valence-corrected chi connectivity index (χ3v) is 6.02. The van der Waals surface area contributed by atoms with Gasteiger partial charge >= 0.3 is 0 Å². The molecule has 2 atom stereocenters. The summed E-state index contributed by atoms with van der Waals surface area (Å²) in [5.41, 5.74) is 0.993. The Morgan fingerprint density at radius 3 is 2.77 bits per heavy atom. The summed E-state index contributed by atoms with van der Waals surface area (Å²) in [6.07, 6.45) is 9.36. The molecule has 1 saturated carbocycles. The average Bonchev–Trinajstić information content (AvgIpc) is 3.58. The Labute approximate surface area is 179 Å². The maximum Gasteiger partial charge on any atom is 0.257 e. The highest BCUT2D eigenvalue weighted by Gasteiger charge is 2.46. The molecule has 1 saturated heterocycles. The van der Waals surface area contributed by atoms with E-state index in [1.807, 2.05) is 12.1 Å². The van der Waals surface area contributed by atoms with Crippen LogP contribution in [-0.4, -0.2) is 45.8 Å². The lowest BCUT2D eigenvalue weighted by molar-refractivity contribution is -0.125. The van der Waals surface area contributed by atoms with Crippen molar-refractivity contribution in [2.24, 2.45) is 5.92 Å². The number of hydrogen-bond donors (Lipinski definition) is 2. The minimum Gasteiger partial charge on any atom is -0.329 e. The van der Waals surface area contributed by atoms with Crippen LogP contribution in [0.4, 0.5) is 14.6 Å². The van der Waals surface area contributed by atoms with Crippen molar-refractivity contribution in [1.82, 2.24) is 14.9 Å². The number of amides is 1. The minimum absolute atomic E-state index is 0.0198. The average molecular weight is 428 g/mol. The number of carbonyl (C=O) groups is 1. The quantitative estimate of drug-likeness (QED) is 0.736. The number of anilines is 1. The third-order valence-electron chi connectivity index (χ3n) is 6.02. The second-order valence-corrected chi connectivity index (χ2v) is 8.38. The predicted octanol–water partition coefficient (Wildman–Crippen LogP) is 3.64. The van der Waals surface area contributed by atoms with Crippen LogP contribution in [0.5, 0.6) is 0 Å². The Morgan fingerprint density at radius 1 is 1.32 bits per heavy atom. The van der Waals surface area contributed by atoms with Gasteiger partial charge in [-0.25, -0.2) is 13.8 Å². The number of carbonyl (C=O) groups excluding carboxylic acids is 1. The molecule has 0 aromatic carbocycles. The highest BCUT2D eigenvalue weighted by atomic mass is 19.3. The van der Waals surface area contributed by atoms with E-state index < -0.39 is 17.9 Å². The third kappa shape index (κ3) is 5.25. The van der Waals surface area contributed by atoms with Crippen LogP contribution in [0.1, 0.15) is 43.2 Å². The zero-order chi connectivity index (χ0) is 22.0. The van der Waals surface area contributed by atoms with Crippen molar-refractivity contribution in [1.29, 1.82) is 0 Å². The molecule has 164 valence electrons. The van der Waals surface area contributed by atoms with Crippen LogP contribution in [0.15, 0.2) is 47.5 Å². The van der Waals surface area contributed by atoms with Gasteiger partial charge in [-0.15, -0.1) is 0 Å². The summed E-state index contributed by atoms with van der Waals surface area (Å²) in [4.78, 5) is 32.5. The summed E-state index contributed by atoms with van der Waals surface area (Å²) < 4.78 is 29.1. The number of rotatable bonds is 6. The van der Waals surface area contributed by atoms with Crippen LogP contribution in [0.25, 0.3) is 6.08 Å². The molecule has 3 heterocycles. The number of halogens is 2. The number of aromatic amines is 1. The first-order valence-corrected chi connectivity index (χ1v) is 10.6. The van der Waals surface area contributed by atoms with E-state index in [1.165, 1.54) is 31.2 Å². The fourth-order valence-corrected chi connectivity index (χ4v) is 3.78. The number of piperidine rings is 1. The second-order valence-electron chi connectivity index (χ2n) is 8.38. The topological polar surface area (TPSA) is 78.1 Å². The summed E-state index contributed by atoms with van der Waals surface area (Å²) >= 11 is 0. The van der Waals surface area contributed by atoms with Gasteiger partial charge in [-0.1, -0.05) is 18.2 Å². The van der Waals surface area contributed by atoms with Crippen molar-refractivity contribution in [2.75, 3.05) is 18.4 Å². The van der Waals surface area contributed by atoms with Crippen molar-refractivity contribution >= 4 is 17.8 Å². The zero-order valence-corrected chi connectivity index (χ0v) is 17.4. The zero-order valence-electron chi connectivity index (χ0n) is 17.4. The number of aromatic nitrogens is 2.